The van der Waals surface area contributed by atoms with Crippen molar-refractivity contribution in [2.75, 3.05) is 13.1 Å². The van der Waals surface area contributed by atoms with Crippen molar-refractivity contribution >= 4 is 23.0 Å². The molecule has 2 rings (SSSR count). The van der Waals surface area contributed by atoms with Crippen LogP contribution in [0.4, 0.5) is 0 Å². The van der Waals surface area contributed by atoms with E-state index < -0.39 is 0 Å². The number of carbonyl (C=O) groups is 2. The molecule has 1 aliphatic heterocycles. The highest BCUT2D eigenvalue weighted by Crippen LogP contribution is 2.18. The van der Waals surface area contributed by atoms with Gasteiger partial charge in [0.05, 0.1) is 6.54 Å². The lowest BCUT2D eigenvalue weighted by molar-refractivity contribution is -0.137. The molecule has 0 atom stereocenters. The van der Waals surface area contributed by atoms with Crippen LogP contribution in [0.5, 0.6) is 0 Å². The van der Waals surface area contributed by atoms with Gasteiger partial charge in [-0.3, -0.25) is 9.59 Å². The average Bonchev–Trinajstić information content (AvgIpc) is 2.72. The monoisotopic (exact) mass is 251 g/mol. The lowest BCUT2D eigenvalue weighted by atomic mass is 10.1. The molecule has 0 aromatic carbocycles. The van der Waals surface area contributed by atoms with Crippen LogP contribution >= 0.6 is 11.3 Å². The number of rotatable bonds is 3. The van der Waals surface area contributed by atoms with Crippen molar-refractivity contribution in [3.63, 3.8) is 0 Å². The van der Waals surface area contributed by atoms with Crippen molar-refractivity contribution in [2.45, 2.75) is 32.6 Å². The van der Waals surface area contributed by atoms with Gasteiger partial charge < -0.3 is 4.90 Å². The second-order valence-electron chi connectivity index (χ2n) is 4.48. The molecule has 92 valence electrons. The van der Waals surface area contributed by atoms with Crippen LogP contribution in [0.25, 0.3) is 0 Å². The Labute approximate surface area is 105 Å². The Morgan fingerprint density at radius 3 is 3.00 bits per heavy atom. The van der Waals surface area contributed by atoms with Gasteiger partial charge in [-0.2, -0.15) is 0 Å². The molecule has 0 N–H and O–H groups in total. The third-order valence-corrected chi connectivity index (χ3v) is 4.22. The van der Waals surface area contributed by atoms with Crippen molar-refractivity contribution in [2.24, 2.45) is 0 Å². The summed E-state index contributed by atoms with van der Waals surface area (Å²) >= 11 is 1.70. The fourth-order valence-corrected chi connectivity index (χ4v) is 3.00. The molecule has 1 aliphatic rings. The largest absolute Gasteiger partial charge is 0.335 e. The second kappa shape index (κ2) is 5.45. The van der Waals surface area contributed by atoms with Gasteiger partial charge in [0.1, 0.15) is 0 Å². The molecule has 0 aliphatic carbocycles. The molecule has 4 heteroatoms. The van der Waals surface area contributed by atoms with E-state index in [1.54, 1.807) is 16.2 Å². The van der Waals surface area contributed by atoms with Gasteiger partial charge in [0.25, 0.3) is 0 Å². The third kappa shape index (κ3) is 3.16. The quantitative estimate of drug-likeness (QED) is 0.825. The first-order valence-corrected chi connectivity index (χ1v) is 6.87. The lowest BCUT2D eigenvalue weighted by Gasteiger charge is -2.25. The maximum Gasteiger partial charge on any atom is 0.223 e. The number of hydrogen-bond donors (Lipinski definition) is 0. The normalized spacial score (nSPS) is 16.3. The van der Waals surface area contributed by atoms with Gasteiger partial charge in [0, 0.05) is 24.3 Å². The summed E-state index contributed by atoms with van der Waals surface area (Å²) in [6.45, 7) is 3.14. The Bertz CT molecular complexity index is 425. The maximum atomic E-state index is 11.9. The minimum Gasteiger partial charge on any atom is -0.335 e. The molecule has 0 bridgehead atoms. The molecule has 0 saturated carbocycles. The van der Waals surface area contributed by atoms with Gasteiger partial charge in [-0.1, -0.05) is 0 Å². The first-order valence-electron chi connectivity index (χ1n) is 5.99. The lowest BCUT2D eigenvalue weighted by Crippen LogP contribution is -2.40. The summed E-state index contributed by atoms with van der Waals surface area (Å²) in [5.41, 5.74) is 1.26. The zero-order valence-electron chi connectivity index (χ0n) is 10.1. The third-order valence-electron chi connectivity index (χ3n) is 3.14. The van der Waals surface area contributed by atoms with Gasteiger partial charge >= 0.3 is 0 Å². The molecule has 1 fully saturated rings. The van der Waals surface area contributed by atoms with Crippen molar-refractivity contribution < 1.29 is 9.59 Å². The topological polar surface area (TPSA) is 37.4 Å². The smallest absolute Gasteiger partial charge is 0.223 e. The van der Waals surface area contributed by atoms with E-state index >= 15 is 0 Å². The highest BCUT2D eigenvalue weighted by molar-refractivity contribution is 7.10. The summed E-state index contributed by atoms with van der Waals surface area (Å²) in [5.74, 6) is 0.308. The number of aryl methyl sites for hydroxylation is 2. The van der Waals surface area contributed by atoms with Crippen molar-refractivity contribution in [1.29, 1.82) is 0 Å². The molecule has 0 spiro atoms. The second-order valence-corrected chi connectivity index (χ2v) is 5.48. The van der Waals surface area contributed by atoms with E-state index in [0.29, 0.717) is 19.4 Å². The van der Waals surface area contributed by atoms with Gasteiger partial charge in [-0.25, -0.2) is 0 Å². The van der Waals surface area contributed by atoms with Crippen LogP contribution in [0.2, 0.25) is 0 Å². The molecule has 1 aromatic heterocycles. The highest BCUT2D eigenvalue weighted by atomic mass is 32.1. The standard InChI is InChI=1S/C13H17NO2S/c1-10-6-8-17-12(10)4-5-13(16)14-7-2-3-11(15)9-14/h6,8H,2-5,7,9H2,1H3. The minimum absolute atomic E-state index is 0.117. The zero-order chi connectivity index (χ0) is 12.3. The molecule has 1 amide bonds. The van der Waals surface area contributed by atoms with Crippen LogP contribution in [0.15, 0.2) is 11.4 Å². The van der Waals surface area contributed by atoms with Crippen LogP contribution in [0.1, 0.15) is 29.7 Å². The van der Waals surface area contributed by atoms with Crippen LogP contribution in [0.3, 0.4) is 0 Å². The predicted octanol–water partition coefficient (Wildman–Crippen LogP) is 2.18. The van der Waals surface area contributed by atoms with Gasteiger partial charge in [-0.15, -0.1) is 11.3 Å². The van der Waals surface area contributed by atoms with Gasteiger partial charge in [0.15, 0.2) is 5.78 Å². The summed E-state index contributed by atoms with van der Waals surface area (Å²) in [7, 11) is 0. The van der Waals surface area contributed by atoms with E-state index in [1.807, 2.05) is 0 Å². The van der Waals surface area contributed by atoms with Gasteiger partial charge in [-0.05, 0) is 36.8 Å². The molecule has 3 nitrogen and oxygen atoms in total. The predicted molar refractivity (Wildman–Crippen MR) is 68.2 cm³/mol. The Hall–Kier alpha value is -1.16. The summed E-state index contributed by atoms with van der Waals surface area (Å²) in [6, 6.07) is 2.08. The number of ketones is 1. The molecule has 2 heterocycles. The molecule has 1 aromatic rings. The zero-order valence-corrected chi connectivity index (χ0v) is 10.9. The van der Waals surface area contributed by atoms with Crippen LogP contribution in [-0.2, 0) is 16.0 Å². The molecular weight excluding hydrogens is 234 g/mol. The number of amides is 1. The Balaban J connectivity index is 1.85. The molecular formula is C13H17NO2S. The Morgan fingerprint density at radius 2 is 2.35 bits per heavy atom. The van der Waals surface area contributed by atoms with Crippen molar-refractivity contribution in [3.8, 4) is 0 Å². The van der Waals surface area contributed by atoms with Crippen LogP contribution < -0.4 is 0 Å². The number of Topliss-reactive ketones (excluding diaryl/α,β-unsaturated/α-hetero) is 1. The molecule has 0 unspecified atom stereocenters. The van der Waals surface area contributed by atoms with E-state index in [0.717, 1.165) is 19.4 Å². The van der Waals surface area contributed by atoms with Crippen LogP contribution in [-0.4, -0.2) is 29.7 Å². The molecule has 1 saturated heterocycles. The SMILES string of the molecule is Cc1ccsc1CCC(=O)N1CCCC(=O)C1. The van der Waals surface area contributed by atoms with Gasteiger partial charge in [0.2, 0.25) is 5.91 Å². The Kier molecular flexibility index (Phi) is 3.94. The van der Waals surface area contributed by atoms with E-state index in [1.165, 1.54) is 10.4 Å². The van der Waals surface area contributed by atoms with E-state index in [-0.39, 0.29) is 11.7 Å². The summed E-state index contributed by atoms with van der Waals surface area (Å²) in [4.78, 5) is 26.2. The first kappa shape index (κ1) is 12.3. The summed E-state index contributed by atoms with van der Waals surface area (Å²) in [6.07, 6.45) is 2.78. The van der Waals surface area contributed by atoms with Crippen molar-refractivity contribution in [3.05, 3.63) is 21.9 Å². The van der Waals surface area contributed by atoms with E-state index in [4.69, 9.17) is 0 Å². The number of likely N-dealkylation sites (tertiary alicyclic amines) is 1. The molecule has 0 radical (unpaired) electrons. The van der Waals surface area contributed by atoms with Crippen molar-refractivity contribution in [1.82, 2.24) is 4.90 Å². The van der Waals surface area contributed by atoms with Crippen LogP contribution in [0, 0.1) is 6.92 Å². The number of nitrogens with zero attached hydrogens (tertiary/aromatic N) is 1. The minimum atomic E-state index is 0.117. The Morgan fingerprint density at radius 1 is 1.53 bits per heavy atom. The van der Waals surface area contributed by atoms with E-state index in [9.17, 15) is 9.59 Å². The first-order chi connectivity index (χ1) is 8.16. The van der Waals surface area contributed by atoms with E-state index in [2.05, 4.69) is 18.4 Å². The average molecular weight is 251 g/mol. The maximum absolute atomic E-state index is 11.9. The summed E-state index contributed by atoms with van der Waals surface area (Å²) < 4.78 is 0. The highest BCUT2D eigenvalue weighted by Gasteiger charge is 2.21. The fraction of sp³-hybridized carbons (Fsp3) is 0.538. The number of carbonyl (C=O) groups excluding carboxylic acids is 2. The number of thiophene rings is 1. The summed E-state index contributed by atoms with van der Waals surface area (Å²) in [5, 5.41) is 2.06. The molecule has 17 heavy (non-hydrogen) atoms. The number of hydrogen-bond acceptors (Lipinski definition) is 3. The number of piperidine rings is 1. The fourth-order valence-electron chi connectivity index (χ4n) is 2.09.